The summed E-state index contributed by atoms with van der Waals surface area (Å²) in [6.45, 7) is 2.65. The van der Waals surface area contributed by atoms with Gasteiger partial charge in [-0.05, 0) is 17.9 Å². The number of hydrogen-bond acceptors (Lipinski definition) is 4. The summed E-state index contributed by atoms with van der Waals surface area (Å²) in [4.78, 5) is 24.6. The van der Waals surface area contributed by atoms with Gasteiger partial charge in [-0.1, -0.05) is 13.3 Å². The van der Waals surface area contributed by atoms with Gasteiger partial charge in [-0.25, -0.2) is 13.9 Å². The van der Waals surface area contributed by atoms with Crippen molar-refractivity contribution in [2.45, 2.75) is 26.3 Å². The van der Waals surface area contributed by atoms with Crippen LogP contribution < -0.4 is 11.2 Å². The molecule has 0 atom stereocenters. The van der Waals surface area contributed by atoms with Gasteiger partial charge in [0, 0.05) is 13.6 Å². The van der Waals surface area contributed by atoms with Gasteiger partial charge in [0.25, 0.3) is 5.56 Å². The first-order chi connectivity index (χ1) is 9.15. The van der Waals surface area contributed by atoms with Crippen LogP contribution in [0.3, 0.4) is 0 Å². The molecule has 0 unspecified atom stereocenters. The first kappa shape index (κ1) is 12.2. The molecule has 0 amide bonds. The molecule has 3 heterocycles. The molecule has 0 saturated carbocycles. The quantitative estimate of drug-likeness (QED) is 0.723. The second kappa shape index (κ2) is 4.34. The number of aromatic nitrogens is 4. The minimum Gasteiger partial charge on any atom is -0.276 e. The standard InChI is InChI=1S/C12H14N4O2S/c1-3-4-6-15-10(17)9-8(5-7-19-9)16-11(15)13-14(2)12(16)18/h5,7H,3-4,6H2,1-2H3. The topological polar surface area (TPSA) is 61.3 Å². The van der Waals surface area contributed by atoms with Crippen LogP contribution in [0.5, 0.6) is 0 Å². The highest BCUT2D eigenvalue weighted by Crippen LogP contribution is 2.17. The van der Waals surface area contributed by atoms with E-state index >= 15 is 0 Å². The van der Waals surface area contributed by atoms with E-state index in [4.69, 9.17) is 0 Å². The lowest BCUT2D eigenvalue weighted by atomic mass is 10.3. The minimum atomic E-state index is -0.219. The Morgan fingerprint density at radius 1 is 1.37 bits per heavy atom. The van der Waals surface area contributed by atoms with Crippen molar-refractivity contribution in [3.63, 3.8) is 0 Å². The SMILES string of the molecule is CCCCn1c(=O)c2sccc2n2c(=O)n(C)nc12. The van der Waals surface area contributed by atoms with Gasteiger partial charge in [0.2, 0.25) is 5.78 Å². The number of fused-ring (bicyclic) bond motifs is 3. The summed E-state index contributed by atoms with van der Waals surface area (Å²) in [7, 11) is 1.60. The van der Waals surface area contributed by atoms with Crippen LogP contribution in [0, 0.1) is 0 Å². The largest absolute Gasteiger partial charge is 0.351 e. The van der Waals surface area contributed by atoms with Gasteiger partial charge in [-0.15, -0.1) is 16.4 Å². The van der Waals surface area contributed by atoms with Crippen LogP contribution >= 0.6 is 11.3 Å². The first-order valence-corrected chi connectivity index (χ1v) is 7.09. The number of nitrogens with zero attached hydrogens (tertiary/aromatic N) is 4. The Bertz CT molecular complexity index is 867. The van der Waals surface area contributed by atoms with E-state index in [1.807, 2.05) is 5.38 Å². The Kier molecular flexibility index (Phi) is 2.78. The van der Waals surface area contributed by atoms with Crippen molar-refractivity contribution >= 4 is 27.3 Å². The summed E-state index contributed by atoms with van der Waals surface area (Å²) in [5, 5.41) is 6.02. The van der Waals surface area contributed by atoms with Gasteiger partial charge in [0.15, 0.2) is 0 Å². The Labute approximate surface area is 112 Å². The van der Waals surface area contributed by atoms with E-state index in [0.29, 0.717) is 22.5 Å². The fraction of sp³-hybridized carbons (Fsp3) is 0.417. The van der Waals surface area contributed by atoms with Crippen molar-refractivity contribution in [1.29, 1.82) is 0 Å². The van der Waals surface area contributed by atoms with Crippen molar-refractivity contribution in [2.75, 3.05) is 0 Å². The highest BCUT2D eigenvalue weighted by Gasteiger charge is 2.16. The molecule has 0 saturated heterocycles. The van der Waals surface area contributed by atoms with Crippen LogP contribution in [-0.2, 0) is 13.6 Å². The first-order valence-electron chi connectivity index (χ1n) is 6.21. The predicted octanol–water partition coefficient (Wildman–Crippen LogP) is 1.21. The summed E-state index contributed by atoms with van der Waals surface area (Å²) in [5.41, 5.74) is 0.371. The lowest BCUT2D eigenvalue weighted by Gasteiger charge is -2.06. The number of unbranched alkanes of at least 4 members (excludes halogenated alkanes) is 1. The zero-order chi connectivity index (χ0) is 13.6. The minimum absolute atomic E-state index is 0.0587. The zero-order valence-corrected chi connectivity index (χ0v) is 11.6. The van der Waals surface area contributed by atoms with Crippen LogP contribution in [0.2, 0.25) is 0 Å². The molecule has 3 aromatic heterocycles. The van der Waals surface area contributed by atoms with Crippen LogP contribution in [0.1, 0.15) is 19.8 Å². The Hall–Kier alpha value is -1.89. The molecule has 19 heavy (non-hydrogen) atoms. The van der Waals surface area contributed by atoms with E-state index in [2.05, 4.69) is 12.0 Å². The maximum absolute atomic E-state index is 12.4. The Morgan fingerprint density at radius 2 is 2.16 bits per heavy atom. The van der Waals surface area contributed by atoms with Gasteiger partial charge in [-0.3, -0.25) is 9.36 Å². The lowest BCUT2D eigenvalue weighted by molar-refractivity contribution is 0.618. The molecule has 3 rings (SSSR count). The van der Waals surface area contributed by atoms with Crippen molar-refractivity contribution in [2.24, 2.45) is 7.05 Å². The van der Waals surface area contributed by atoms with E-state index in [1.54, 1.807) is 17.7 Å². The number of rotatable bonds is 3. The van der Waals surface area contributed by atoms with E-state index in [0.717, 1.165) is 12.8 Å². The molecule has 100 valence electrons. The van der Waals surface area contributed by atoms with E-state index < -0.39 is 0 Å². The predicted molar refractivity (Wildman–Crippen MR) is 75.0 cm³/mol. The fourth-order valence-corrected chi connectivity index (χ4v) is 3.03. The summed E-state index contributed by atoms with van der Waals surface area (Å²) in [5.74, 6) is 0.428. The van der Waals surface area contributed by atoms with Crippen molar-refractivity contribution < 1.29 is 0 Å². The smallest absolute Gasteiger partial charge is 0.276 e. The van der Waals surface area contributed by atoms with Crippen molar-refractivity contribution in [3.05, 3.63) is 32.3 Å². The number of hydrogen-bond donors (Lipinski definition) is 0. The third kappa shape index (κ3) is 1.65. The highest BCUT2D eigenvalue weighted by atomic mass is 32.1. The van der Waals surface area contributed by atoms with Gasteiger partial charge >= 0.3 is 5.69 Å². The molecule has 0 aliphatic carbocycles. The number of aryl methyl sites for hydroxylation is 2. The molecule has 6 nitrogen and oxygen atoms in total. The average Bonchev–Trinajstić information content (AvgIpc) is 2.96. The average molecular weight is 278 g/mol. The summed E-state index contributed by atoms with van der Waals surface area (Å²) in [6, 6.07) is 1.79. The maximum atomic E-state index is 12.4. The lowest BCUT2D eigenvalue weighted by Crippen LogP contribution is -2.25. The Morgan fingerprint density at radius 3 is 2.89 bits per heavy atom. The summed E-state index contributed by atoms with van der Waals surface area (Å²) in [6.07, 6.45) is 1.87. The van der Waals surface area contributed by atoms with Gasteiger partial charge in [0.1, 0.15) is 4.70 Å². The van der Waals surface area contributed by atoms with E-state index in [-0.39, 0.29) is 11.2 Å². The fourth-order valence-electron chi connectivity index (χ4n) is 2.21. The molecule has 7 heteroatoms. The second-order valence-electron chi connectivity index (χ2n) is 4.49. The van der Waals surface area contributed by atoms with Gasteiger partial charge < -0.3 is 0 Å². The van der Waals surface area contributed by atoms with Crippen LogP contribution in [-0.4, -0.2) is 18.7 Å². The molecule has 0 N–H and O–H groups in total. The van der Waals surface area contributed by atoms with Crippen LogP contribution in [0.4, 0.5) is 0 Å². The molecule has 0 aliphatic rings. The zero-order valence-electron chi connectivity index (χ0n) is 10.8. The normalized spacial score (nSPS) is 11.7. The summed E-state index contributed by atoms with van der Waals surface area (Å²) < 4.78 is 5.00. The molecule has 0 fully saturated rings. The second-order valence-corrected chi connectivity index (χ2v) is 5.40. The summed E-state index contributed by atoms with van der Waals surface area (Å²) >= 11 is 1.36. The van der Waals surface area contributed by atoms with Gasteiger partial charge in [0.05, 0.1) is 5.52 Å². The molecule has 0 bridgehead atoms. The molecule has 3 aromatic rings. The van der Waals surface area contributed by atoms with Crippen molar-refractivity contribution in [3.8, 4) is 0 Å². The molecular formula is C12H14N4O2S. The molecule has 0 aliphatic heterocycles. The number of thiophene rings is 1. The maximum Gasteiger partial charge on any atom is 0.351 e. The van der Waals surface area contributed by atoms with Crippen molar-refractivity contribution in [1.82, 2.24) is 18.7 Å². The molecule has 0 aromatic carbocycles. The van der Waals surface area contributed by atoms with E-state index in [1.165, 1.54) is 20.4 Å². The van der Waals surface area contributed by atoms with Crippen LogP contribution in [0.25, 0.3) is 16.0 Å². The monoisotopic (exact) mass is 278 g/mol. The molecule has 0 spiro atoms. The molecular weight excluding hydrogens is 264 g/mol. The highest BCUT2D eigenvalue weighted by molar-refractivity contribution is 7.17. The van der Waals surface area contributed by atoms with E-state index in [9.17, 15) is 9.59 Å². The van der Waals surface area contributed by atoms with Crippen LogP contribution in [0.15, 0.2) is 21.0 Å². The third-order valence-corrected chi connectivity index (χ3v) is 4.10. The third-order valence-electron chi connectivity index (χ3n) is 3.21. The molecule has 0 radical (unpaired) electrons. The Balaban J connectivity index is 2.50. The van der Waals surface area contributed by atoms with Gasteiger partial charge in [-0.2, -0.15) is 0 Å².